The molecule has 0 amide bonds. The Kier molecular flexibility index (Phi) is 4.72. The number of allylic oxidation sites excluding steroid dienone is 1. The highest BCUT2D eigenvalue weighted by molar-refractivity contribution is 5.89. The number of carbonyl (C=O) groups is 1. The molecule has 2 nitrogen and oxygen atoms in total. The fraction of sp³-hybridized carbons (Fsp3) is 0.167. The fourth-order valence-electron chi connectivity index (χ4n) is 1.92. The molecule has 102 valence electrons. The standard InChI is InChI=1S/C18H18O2/c1-3-7-14(2)18(19)20-17-12-10-16(11-13-17)15-8-5-4-6-9-15/h4-13H,3H2,1-2H3. The summed E-state index contributed by atoms with van der Waals surface area (Å²) < 4.78 is 5.31. The molecule has 0 aliphatic heterocycles. The maximum atomic E-state index is 11.8. The molecule has 0 unspecified atom stereocenters. The molecule has 2 heteroatoms. The molecule has 2 aromatic rings. The second-order valence-electron chi connectivity index (χ2n) is 4.58. The summed E-state index contributed by atoms with van der Waals surface area (Å²) in [5.74, 6) is 0.276. The summed E-state index contributed by atoms with van der Waals surface area (Å²) in [6, 6.07) is 17.6. The highest BCUT2D eigenvalue weighted by atomic mass is 16.5. The predicted octanol–water partition coefficient (Wildman–Crippen LogP) is 4.62. The van der Waals surface area contributed by atoms with E-state index in [2.05, 4.69) is 12.1 Å². The van der Waals surface area contributed by atoms with Gasteiger partial charge < -0.3 is 4.74 Å². The van der Waals surface area contributed by atoms with Gasteiger partial charge in [0.2, 0.25) is 0 Å². The van der Waals surface area contributed by atoms with Crippen LogP contribution in [0.3, 0.4) is 0 Å². The number of carbonyl (C=O) groups excluding carboxylic acids is 1. The van der Waals surface area contributed by atoms with Crippen molar-refractivity contribution in [1.29, 1.82) is 0 Å². The van der Waals surface area contributed by atoms with Crippen LogP contribution in [0.2, 0.25) is 0 Å². The van der Waals surface area contributed by atoms with Crippen LogP contribution in [0.4, 0.5) is 0 Å². The van der Waals surface area contributed by atoms with Gasteiger partial charge in [0, 0.05) is 5.57 Å². The number of esters is 1. The maximum Gasteiger partial charge on any atom is 0.338 e. The average Bonchev–Trinajstić information content (AvgIpc) is 2.49. The molecule has 0 radical (unpaired) electrons. The number of hydrogen-bond acceptors (Lipinski definition) is 2. The van der Waals surface area contributed by atoms with E-state index in [0.29, 0.717) is 11.3 Å². The Morgan fingerprint density at radius 2 is 1.60 bits per heavy atom. The molecule has 20 heavy (non-hydrogen) atoms. The third kappa shape index (κ3) is 3.58. The molecule has 0 aliphatic rings. The zero-order chi connectivity index (χ0) is 14.4. The first kappa shape index (κ1) is 14.1. The lowest BCUT2D eigenvalue weighted by Gasteiger charge is -2.06. The molecule has 2 rings (SSSR count). The first-order chi connectivity index (χ1) is 9.70. The van der Waals surface area contributed by atoms with Crippen LogP contribution in [-0.2, 0) is 4.79 Å². The van der Waals surface area contributed by atoms with Gasteiger partial charge in [0.05, 0.1) is 0 Å². The summed E-state index contributed by atoms with van der Waals surface area (Å²) in [7, 11) is 0. The molecule has 2 aromatic carbocycles. The van der Waals surface area contributed by atoms with Crippen molar-refractivity contribution in [2.45, 2.75) is 20.3 Å². The van der Waals surface area contributed by atoms with Crippen molar-refractivity contribution in [3.05, 3.63) is 66.2 Å². The largest absolute Gasteiger partial charge is 0.423 e. The van der Waals surface area contributed by atoms with Crippen LogP contribution in [0.25, 0.3) is 11.1 Å². The summed E-state index contributed by atoms with van der Waals surface area (Å²) in [5.41, 5.74) is 2.89. The quantitative estimate of drug-likeness (QED) is 0.458. The lowest BCUT2D eigenvalue weighted by atomic mass is 10.1. The molecule has 0 saturated heterocycles. The Hall–Kier alpha value is -2.35. The van der Waals surface area contributed by atoms with Gasteiger partial charge in [-0.15, -0.1) is 0 Å². The van der Waals surface area contributed by atoms with Crippen molar-refractivity contribution in [3.63, 3.8) is 0 Å². The van der Waals surface area contributed by atoms with E-state index in [1.165, 1.54) is 0 Å². The molecule has 0 bridgehead atoms. The van der Waals surface area contributed by atoms with Crippen LogP contribution >= 0.6 is 0 Å². The van der Waals surface area contributed by atoms with Gasteiger partial charge in [-0.1, -0.05) is 55.5 Å². The summed E-state index contributed by atoms with van der Waals surface area (Å²) >= 11 is 0. The Balaban J connectivity index is 2.10. The van der Waals surface area contributed by atoms with E-state index in [9.17, 15) is 4.79 Å². The molecular weight excluding hydrogens is 248 g/mol. The second kappa shape index (κ2) is 6.71. The average molecular weight is 266 g/mol. The summed E-state index contributed by atoms with van der Waals surface area (Å²) in [6.07, 6.45) is 2.69. The minimum Gasteiger partial charge on any atom is -0.423 e. The van der Waals surface area contributed by atoms with Gasteiger partial charge in [0.25, 0.3) is 0 Å². The van der Waals surface area contributed by atoms with Crippen LogP contribution in [0.15, 0.2) is 66.2 Å². The molecule has 0 N–H and O–H groups in total. The van der Waals surface area contributed by atoms with Gasteiger partial charge in [0.15, 0.2) is 0 Å². The topological polar surface area (TPSA) is 26.3 Å². The molecule has 0 spiro atoms. The highest BCUT2D eigenvalue weighted by Crippen LogP contribution is 2.22. The number of rotatable bonds is 4. The Labute approximate surface area is 119 Å². The van der Waals surface area contributed by atoms with Gasteiger partial charge in [-0.2, -0.15) is 0 Å². The zero-order valence-corrected chi connectivity index (χ0v) is 11.8. The lowest BCUT2D eigenvalue weighted by molar-refractivity contribution is -0.130. The van der Waals surface area contributed by atoms with E-state index < -0.39 is 0 Å². The summed E-state index contributed by atoms with van der Waals surface area (Å²) in [6.45, 7) is 3.76. The highest BCUT2D eigenvalue weighted by Gasteiger charge is 2.06. The number of hydrogen-bond donors (Lipinski definition) is 0. The van der Waals surface area contributed by atoms with Crippen LogP contribution in [0.1, 0.15) is 20.3 Å². The van der Waals surface area contributed by atoms with Crippen molar-refractivity contribution >= 4 is 5.97 Å². The van der Waals surface area contributed by atoms with Crippen molar-refractivity contribution in [2.75, 3.05) is 0 Å². The van der Waals surface area contributed by atoms with Crippen molar-refractivity contribution in [1.82, 2.24) is 0 Å². The summed E-state index contributed by atoms with van der Waals surface area (Å²) in [4.78, 5) is 11.8. The smallest absolute Gasteiger partial charge is 0.338 e. The molecule has 0 heterocycles. The van der Waals surface area contributed by atoms with Crippen molar-refractivity contribution < 1.29 is 9.53 Å². The Bertz CT molecular complexity index is 595. The van der Waals surface area contributed by atoms with E-state index >= 15 is 0 Å². The molecule has 0 fully saturated rings. The zero-order valence-electron chi connectivity index (χ0n) is 11.8. The van der Waals surface area contributed by atoms with E-state index in [-0.39, 0.29) is 5.97 Å². The first-order valence-electron chi connectivity index (χ1n) is 6.75. The van der Waals surface area contributed by atoms with E-state index in [1.807, 2.05) is 55.5 Å². The van der Waals surface area contributed by atoms with Crippen LogP contribution in [0, 0.1) is 0 Å². The van der Waals surface area contributed by atoms with E-state index in [4.69, 9.17) is 4.74 Å². The fourth-order valence-corrected chi connectivity index (χ4v) is 1.92. The van der Waals surface area contributed by atoms with Gasteiger partial charge in [0.1, 0.15) is 5.75 Å². The van der Waals surface area contributed by atoms with Gasteiger partial charge in [-0.05, 0) is 36.6 Å². The van der Waals surface area contributed by atoms with Crippen LogP contribution < -0.4 is 4.74 Å². The minimum absolute atomic E-state index is 0.292. The number of ether oxygens (including phenoxy) is 1. The molecule has 0 aromatic heterocycles. The SMILES string of the molecule is CCC=C(C)C(=O)Oc1ccc(-c2ccccc2)cc1. The van der Waals surface area contributed by atoms with E-state index in [1.54, 1.807) is 6.92 Å². The van der Waals surface area contributed by atoms with Gasteiger partial charge in [-0.3, -0.25) is 0 Å². The lowest BCUT2D eigenvalue weighted by Crippen LogP contribution is -2.08. The van der Waals surface area contributed by atoms with Gasteiger partial charge in [-0.25, -0.2) is 4.79 Å². The Morgan fingerprint density at radius 1 is 1.00 bits per heavy atom. The van der Waals surface area contributed by atoms with Crippen molar-refractivity contribution in [2.24, 2.45) is 0 Å². The molecular formula is C18H18O2. The second-order valence-corrected chi connectivity index (χ2v) is 4.58. The molecule has 0 atom stereocenters. The van der Waals surface area contributed by atoms with Crippen molar-refractivity contribution in [3.8, 4) is 16.9 Å². The molecule has 0 aliphatic carbocycles. The maximum absolute atomic E-state index is 11.8. The van der Waals surface area contributed by atoms with Crippen LogP contribution in [0.5, 0.6) is 5.75 Å². The predicted molar refractivity (Wildman–Crippen MR) is 81.6 cm³/mol. The Morgan fingerprint density at radius 3 is 2.20 bits per heavy atom. The minimum atomic E-state index is -0.292. The third-order valence-corrected chi connectivity index (χ3v) is 3.00. The molecule has 0 saturated carbocycles. The third-order valence-electron chi connectivity index (χ3n) is 3.00. The number of benzene rings is 2. The monoisotopic (exact) mass is 266 g/mol. The van der Waals surface area contributed by atoms with Gasteiger partial charge >= 0.3 is 5.97 Å². The van der Waals surface area contributed by atoms with E-state index in [0.717, 1.165) is 17.5 Å². The normalized spacial score (nSPS) is 11.2. The summed E-state index contributed by atoms with van der Waals surface area (Å²) in [5, 5.41) is 0. The van der Waals surface area contributed by atoms with Crippen LogP contribution in [-0.4, -0.2) is 5.97 Å². The first-order valence-corrected chi connectivity index (χ1v) is 6.75.